The lowest BCUT2D eigenvalue weighted by molar-refractivity contribution is -0.165. The van der Waals surface area contributed by atoms with Crippen LogP contribution in [0.2, 0.25) is 0 Å². The number of guanidine groups is 1. The minimum Gasteiger partial charge on any atom is -0.393 e. The predicted octanol–water partition coefficient (Wildman–Crippen LogP) is -3.50. The average molecular weight is 384 g/mol. The number of aliphatic hydroxyl groups excluding tert-OH is 2. The summed E-state index contributed by atoms with van der Waals surface area (Å²) >= 11 is 0. The number of aliphatic hydroxyl groups is 2. The zero-order chi connectivity index (χ0) is 20.4. The van der Waals surface area contributed by atoms with Crippen molar-refractivity contribution in [1.82, 2.24) is 14.9 Å². The number of carbonyl (C=O) groups is 1. The molecule has 27 heavy (non-hydrogen) atoms. The summed E-state index contributed by atoms with van der Waals surface area (Å²) in [7, 11) is 0. The second-order valence-corrected chi connectivity index (χ2v) is 6.65. The minimum absolute atomic E-state index is 0.0322. The van der Waals surface area contributed by atoms with E-state index in [2.05, 4.69) is 15.3 Å². The van der Waals surface area contributed by atoms with Gasteiger partial charge in [0.25, 0.3) is 5.56 Å². The van der Waals surface area contributed by atoms with E-state index in [-0.39, 0.29) is 18.9 Å². The lowest BCUT2D eigenvalue weighted by atomic mass is 9.93. The quantitative estimate of drug-likeness (QED) is 0.214. The van der Waals surface area contributed by atoms with Crippen LogP contribution in [0.25, 0.3) is 0 Å². The smallest absolute Gasteiger partial charge is 0.330 e. The number of nitrogens with two attached hydrogens (primary N) is 2. The molecule has 1 saturated heterocycles. The average Bonchev–Trinajstić information content (AvgIpc) is 2.76. The third-order valence-corrected chi connectivity index (χ3v) is 4.52. The van der Waals surface area contributed by atoms with Crippen LogP contribution in [0.1, 0.15) is 20.3 Å². The fraction of sp³-hybridized carbons (Fsp3) is 0.600. The van der Waals surface area contributed by atoms with Crippen molar-refractivity contribution in [3.63, 3.8) is 0 Å². The van der Waals surface area contributed by atoms with E-state index < -0.39 is 47.2 Å². The highest BCUT2D eigenvalue weighted by Gasteiger charge is 2.59. The highest BCUT2D eigenvalue weighted by molar-refractivity contribution is 5.78. The van der Waals surface area contributed by atoms with Crippen LogP contribution < -0.4 is 28.0 Å². The second-order valence-electron chi connectivity index (χ2n) is 6.65. The Kier molecular flexibility index (Phi) is 5.73. The largest absolute Gasteiger partial charge is 0.393 e. The van der Waals surface area contributed by atoms with E-state index in [1.807, 2.05) is 0 Å². The van der Waals surface area contributed by atoms with E-state index in [1.165, 1.54) is 20.0 Å². The van der Waals surface area contributed by atoms with Gasteiger partial charge in [-0.25, -0.2) is 4.79 Å². The molecule has 0 aliphatic carbocycles. The summed E-state index contributed by atoms with van der Waals surface area (Å²) < 4.78 is 6.86. The topological polar surface area (TPSA) is 198 Å². The molecule has 0 radical (unpaired) electrons. The number of aromatic amines is 1. The molecular formula is C15H24N6O6. The van der Waals surface area contributed by atoms with Gasteiger partial charge in [-0.1, -0.05) is 0 Å². The van der Waals surface area contributed by atoms with Gasteiger partial charge < -0.3 is 31.7 Å². The first-order valence-electron chi connectivity index (χ1n) is 8.20. The van der Waals surface area contributed by atoms with E-state index in [4.69, 9.17) is 16.2 Å². The van der Waals surface area contributed by atoms with Gasteiger partial charge in [0, 0.05) is 18.7 Å². The van der Waals surface area contributed by atoms with Crippen LogP contribution in [-0.4, -0.2) is 62.5 Å². The van der Waals surface area contributed by atoms with Gasteiger partial charge in [0.1, 0.15) is 17.7 Å². The van der Waals surface area contributed by atoms with E-state index in [1.54, 1.807) is 0 Å². The highest BCUT2D eigenvalue weighted by Crippen LogP contribution is 2.40. The molecule has 1 fully saturated rings. The van der Waals surface area contributed by atoms with E-state index in [0.29, 0.717) is 0 Å². The van der Waals surface area contributed by atoms with E-state index >= 15 is 0 Å². The monoisotopic (exact) mass is 384 g/mol. The SMILES string of the molecule is CC1(CO)OC(C)(n2ccc(=O)[nH]c2=O)C(NC(=O)CCN=C(N)N)C1O. The molecule has 0 aromatic carbocycles. The molecule has 1 aromatic rings. The van der Waals surface area contributed by atoms with Crippen molar-refractivity contribution in [2.45, 2.75) is 43.7 Å². The number of nitrogens with zero attached hydrogens (tertiary/aromatic N) is 2. The van der Waals surface area contributed by atoms with Crippen LogP contribution >= 0.6 is 0 Å². The summed E-state index contributed by atoms with van der Waals surface area (Å²) in [6.07, 6.45) is -0.235. The number of H-pyrrole nitrogens is 1. The Morgan fingerprint density at radius 2 is 2.11 bits per heavy atom. The van der Waals surface area contributed by atoms with Gasteiger partial charge >= 0.3 is 5.69 Å². The normalized spacial score (nSPS) is 30.1. The molecule has 0 spiro atoms. The van der Waals surface area contributed by atoms with Crippen LogP contribution in [0.4, 0.5) is 0 Å². The summed E-state index contributed by atoms with van der Waals surface area (Å²) in [5.74, 6) is -0.664. The maximum absolute atomic E-state index is 12.2. The fourth-order valence-corrected chi connectivity index (χ4v) is 3.08. The van der Waals surface area contributed by atoms with Crippen LogP contribution in [0.15, 0.2) is 26.8 Å². The number of aliphatic imine (C=N–C) groups is 1. The fourth-order valence-electron chi connectivity index (χ4n) is 3.08. The van der Waals surface area contributed by atoms with Crippen LogP contribution in [0.3, 0.4) is 0 Å². The summed E-state index contributed by atoms with van der Waals surface area (Å²) in [5, 5.41) is 22.9. The number of hydrogen-bond donors (Lipinski definition) is 6. The van der Waals surface area contributed by atoms with Crippen molar-refractivity contribution in [2.75, 3.05) is 13.2 Å². The summed E-state index contributed by atoms with van der Waals surface area (Å²) in [6.45, 7) is 2.36. The van der Waals surface area contributed by atoms with Crippen molar-refractivity contribution in [3.05, 3.63) is 33.1 Å². The number of aromatic nitrogens is 2. The Morgan fingerprint density at radius 1 is 1.44 bits per heavy atom. The maximum atomic E-state index is 12.2. The van der Waals surface area contributed by atoms with Crippen molar-refractivity contribution >= 4 is 11.9 Å². The Labute approximate surface area is 153 Å². The number of nitrogens with one attached hydrogen (secondary N) is 2. The first-order chi connectivity index (χ1) is 12.5. The molecule has 4 atom stereocenters. The van der Waals surface area contributed by atoms with Gasteiger partial charge in [-0.05, 0) is 13.8 Å². The van der Waals surface area contributed by atoms with Gasteiger partial charge in [-0.3, -0.25) is 24.1 Å². The predicted molar refractivity (Wildman–Crippen MR) is 94.8 cm³/mol. The first-order valence-corrected chi connectivity index (χ1v) is 8.20. The molecule has 0 saturated carbocycles. The second kappa shape index (κ2) is 7.50. The minimum atomic E-state index is -1.58. The molecule has 0 bridgehead atoms. The molecule has 1 amide bonds. The van der Waals surface area contributed by atoms with Crippen LogP contribution in [0.5, 0.6) is 0 Å². The number of hydrogen-bond acceptors (Lipinski definition) is 7. The Morgan fingerprint density at radius 3 is 2.67 bits per heavy atom. The molecule has 12 heteroatoms. The Balaban J connectivity index is 2.37. The molecule has 12 nitrogen and oxygen atoms in total. The molecule has 2 heterocycles. The molecular weight excluding hydrogens is 360 g/mol. The Hall–Kier alpha value is -2.70. The molecule has 2 rings (SSSR count). The van der Waals surface area contributed by atoms with Crippen molar-refractivity contribution in [3.8, 4) is 0 Å². The number of ether oxygens (including phenoxy) is 1. The maximum Gasteiger partial charge on any atom is 0.330 e. The third kappa shape index (κ3) is 4.02. The van der Waals surface area contributed by atoms with Gasteiger partial charge in [0.15, 0.2) is 11.7 Å². The standard InChI is InChI=1S/C15H24N6O6/c1-14(7-22)11(25)10(19-8(23)3-5-18-12(16)17)15(2,27-14)21-6-4-9(24)20-13(21)26/h4,6,10-11,22,25H,3,5,7H2,1-2H3,(H,19,23)(H4,16,17,18)(H,20,24,26). The zero-order valence-electron chi connectivity index (χ0n) is 15.0. The van der Waals surface area contributed by atoms with Gasteiger partial charge in [0.05, 0.1) is 13.2 Å². The molecule has 150 valence electrons. The van der Waals surface area contributed by atoms with Crippen molar-refractivity contribution in [1.29, 1.82) is 0 Å². The molecule has 4 unspecified atom stereocenters. The zero-order valence-corrected chi connectivity index (χ0v) is 15.0. The summed E-state index contributed by atoms with van der Waals surface area (Å²) in [6, 6.07) is -0.000751. The Bertz CT molecular complexity index is 846. The lowest BCUT2D eigenvalue weighted by Gasteiger charge is -2.33. The highest BCUT2D eigenvalue weighted by atomic mass is 16.6. The third-order valence-electron chi connectivity index (χ3n) is 4.52. The van der Waals surface area contributed by atoms with Crippen molar-refractivity contribution in [2.24, 2.45) is 16.5 Å². The number of carbonyl (C=O) groups excluding carboxylic acids is 1. The number of amides is 1. The van der Waals surface area contributed by atoms with Gasteiger partial charge in [-0.2, -0.15) is 0 Å². The van der Waals surface area contributed by atoms with Crippen LogP contribution in [-0.2, 0) is 15.3 Å². The number of rotatable bonds is 6. The first kappa shape index (κ1) is 20.6. The molecule has 1 aromatic heterocycles. The van der Waals surface area contributed by atoms with Crippen molar-refractivity contribution < 1.29 is 19.7 Å². The molecule has 8 N–H and O–H groups in total. The molecule has 1 aliphatic rings. The van der Waals surface area contributed by atoms with Gasteiger partial charge in [-0.15, -0.1) is 0 Å². The summed E-state index contributed by atoms with van der Waals surface area (Å²) in [4.78, 5) is 41.6. The van der Waals surface area contributed by atoms with E-state index in [9.17, 15) is 24.6 Å². The lowest BCUT2D eigenvalue weighted by Crippen LogP contribution is -2.57. The van der Waals surface area contributed by atoms with E-state index in [0.717, 1.165) is 10.6 Å². The summed E-state index contributed by atoms with van der Waals surface area (Å²) in [5.41, 5.74) is 5.98. The van der Waals surface area contributed by atoms with Gasteiger partial charge in [0.2, 0.25) is 5.91 Å². The van der Waals surface area contributed by atoms with Crippen LogP contribution in [0, 0.1) is 0 Å². The molecule has 1 aliphatic heterocycles.